The van der Waals surface area contributed by atoms with Gasteiger partial charge in [0.15, 0.2) is 11.6 Å². The molecule has 0 radical (unpaired) electrons. The van der Waals surface area contributed by atoms with E-state index in [1.165, 1.54) is 51.4 Å². The molecule has 5 aliphatic rings. The molecule has 20 heavy (non-hydrogen) atoms. The van der Waals surface area contributed by atoms with Gasteiger partial charge in [-0.1, -0.05) is 0 Å². The maximum Gasteiger partial charge on any atom is 0.175 e. The standard InChI is InChI=1S/C16H23N3O/c1-20-19-14(13-2-3-13)17-18-15(19)16-7-10-4-11(8-16)6-12(5-10)9-16/h10-13H,2-9H2,1H3. The van der Waals surface area contributed by atoms with Crippen LogP contribution in [0, 0.1) is 17.8 Å². The summed E-state index contributed by atoms with van der Waals surface area (Å²) in [6, 6.07) is 0. The summed E-state index contributed by atoms with van der Waals surface area (Å²) in [5.41, 5.74) is 0.283. The highest BCUT2D eigenvalue weighted by molar-refractivity contribution is 5.20. The normalized spacial score (nSPS) is 42.1. The predicted molar refractivity (Wildman–Crippen MR) is 74.4 cm³/mol. The van der Waals surface area contributed by atoms with Crippen molar-refractivity contribution in [2.24, 2.45) is 17.8 Å². The topological polar surface area (TPSA) is 39.9 Å². The Morgan fingerprint density at radius 2 is 1.60 bits per heavy atom. The van der Waals surface area contributed by atoms with Crippen molar-refractivity contribution in [1.29, 1.82) is 0 Å². The first kappa shape index (κ1) is 11.6. The summed E-state index contributed by atoms with van der Waals surface area (Å²) in [5, 5.41) is 9.12. The SMILES string of the molecule is COn1c(C2CC2)nnc1C12CC3CC(CC(C3)C1)C2. The third-order valence-corrected chi connectivity index (χ3v) is 6.29. The molecule has 4 nitrogen and oxygen atoms in total. The lowest BCUT2D eigenvalue weighted by Crippen LogP contribution is -2.50. The Morgan fingerprint density at radius 1 is 1.00 bits per heavy atom. The molecule has 5 fully saturated rings. The first-order valence-electron chi connectivity index (χ1n) is 8.28. The van der Waals surface area contributed by atoms with Gasteiger partial charge in [-0.2, -0.15) is 4.73 Å². The Hall–Kier alpha value is -1.06. The van der Waals surface area contributed by atoms with Gasteiger partial charge in [0.1, 0.15) is 7.11 Å². The Balaban J connectivity index is 1.59. The van der Waals surface area contributed by atoms with Gasteiger partial charge in [-0.3, -0.25) is 0 Å². The summed E-state index contributed by atoms with van der Waals surface area (Å²) >= 11 is 0. The maximum atomic E-state index is 5.70. The minimum atomic E-state index is 0.283. The van der Waals surface area contributed by atoms with Gasteiger partial charge in [0.05, 0.1) is 0 Å². The molecule has 1 heterocycles. The third kappa shape index (κ3) is 1.48. The highest BCUT2D eigenvalue weighted by Gasteiger charge is 2.54. The van der Waals surface area contributed by atoms with Crippen molar-refractivity contribution in [3.8, 4) is 0 Å². The van der Waals surface area contributed by atoms with Crippen molar-refractivity contribution in [2.75, 3.05) is 7.11 Å². The van der Waals surface area contributed by atoms with Crippen LogP contribution >= 0.6 is 0 Å². The quantitative estimate of drug-likeness (QED) is 0.850. The van der Waals surface area contributed by atoms with Crippen molar-refractivity contribution in [2.45, 2.75) is 62.7 Å². The molecule has 4 heteroatoms. The molecule has 6 rings (SSSR count). The summed E-state index contributed by atoms with van der Waals surface area (Å²) in [4.78, 5) is 5.70. The molecule has 5 saturated carbocycles. The number of hydrogen-bond acceptors (Lipinski definition) is 3. The zero-order valence-electron chi connectivity index (χ0n) is 12.2. The molecule has 108 valence electrons. The number of rotatable bonds is 3. The van der Waals surface area contributed by atoms with Gasteiger partial charge in [-0.15, -0.1) is 10.2 Å². The molecule has 0 saturated heterocycles. The summed E-state index contributed by atoms with van der Waals surface area (Å²) in [7, 11) is 1.78. The monoisotopic (exact) mass is 273 g/mol. The van der Waals surface area contributed by atoms with Crippen LogP contribution < -0.4 is 4.84 Å². The fourth-order valence-corrected chi connectivity index (χ4v) is 5.76. The lowest BCUT2D eigenvalue weighted by atomic mass is 9.49. The van der Waals surface area contributed by atoms with E-state index in [9.17, 15) is 0 Å². The predicted octanol–water partition coefficient (Wildman–Crippen LogP) is 2.68. The van der Waals surface area contributed by atoms with E-state index in [0.717, 1.165) is 29.4 Å². The van der Waals surface area contributed by atoms with E-state index >= 15 is 0 Å². The molecule has 0 amide bonds. The molecule has 4 bridgehead atoms. The summed E-state index contributed by atoms with van der Waals surface area (Å²) < 4.78 is 2.00. The smallest absolute Gasteiger partial charge is 0.175 e. The van der Waals surface area contributed by atoms with Gasteiger partial charge in [-0.05, 0) is 69.1 Å². The Labute approximate surface area is 119 Å². The third-order valence-electron chi connectivity index (χ3n) is 6.29. The van der Waals surface area contributed by atoms with E-state index in [4.69, 9.17) is 4.84 Å². The van der Waals surface area contributed by atoms with E-state index in [-0.39, 0.29) is 5.41 Å². The minimum Gasteiger partial charge on any atom is -0.414 e. The van der Waals surface area contributed by atoms with Crippen LogP contribution in [-0.4, -0.2) is 22.0 Å². The zero-order chi connectivity index (χ0) is 13.3. The van der Waals surface area contributed by atoms with E-state index in [2.05, 4.69) is 10.2 Å². The average Bonchev–Trinajstić information content (AvgIpc) is 3.15. The van der Waals surface area contributed by atoms with Gasteiger partial charge < -0.3 is 4.84 Å². The number of hydrogen-bond donors (Lipinski definition) is 0. The molecule has 0 aromatic carbocycles. The molecule has 0 unspecified atom stereocenters. The summed E-state index contributed by atoms with van der Waals surface area (Å²) in [6.07, 6.45) is 10.9. The van der Waals surface area contributed by atoms with Crippen molar-refractivity contribution in [1.82, 2.24) is 14.9 Å². The maximum absolute atomic E-state index is 5.70. The Kier molecular flexibility index (Phi) is 2.19. The summed E-state index contributed by atoms with van der Waals surface area (Å²) in [5.74, 6) is 5.65. The van der Waals surface area contributed by atoms with Gasteiger partial charge in [0.25, 0.3) is 0 Å². The van der Waals surface area contributed by atoms with Crippen LogP contribution in [0.15, 0.2) is 0 Å². The van der Waals surface area contributed by atoms with Crippen LogP contribution in [0.4, 0.5) is 0 Å². The van der Waals surface area contributed by atoms with Crippen molar-refractivity contribution < 1.29 is 4.84 Å². The fraction of sp³-hybridized carbons (Fsp3) is 0.875. The molecule has 0 N–H and O–H groups in total. The second-order valence-corrected chi connectivity index (χ2v) is 7.83. The first-order chi connectivity index (χ1) is 9.77. The highest BCUT2D eigenvalue weighted by atomic mass is 16.6. The minimum absolute atomic E-state index is 0.283. The van der Waals surface area contributed by atoms with Gasteiger partial charge in [-0.25, -0.2) is 0 Å². The molecule has 1 aromatic rings. The van der Waals surface area contributed by atoms with Crippen molar-refractivity contribution >= 4 is 0 Å². The molecule has 1 aromatic heterocycles. The van der Waals surface area contributed by atoms with Gasteiger partial charge in [0, 0.05) is 11.3 Å². The molecular weight excluding hydrogens is 250 g/mol. The van der Waals surface area contributed by atoms with E-state index in [0.29, 0.717) is 5.92 Å². The first-order valence-corrected chi connectivity index (χ1v) is 8.28. The van der Waals surface area contributed by atoms with Crippen LogP contribution in [-0.2, 0) is 5.41 Å². The van der Waals surface area contributed by atoms with E-state index in [1.54, 1.807) is 7.11 Å². The average molecular weight is 273 g/mol. The summed E-state index contributed by atoms with van der Waals surface area (Å²) in [6.45, 7) is 0. The van der Waals surface area contributed by atoms with Crippen LogP contribution in [0.5, 0.6) is 0 Å². The van der Waals surface area contributed by atoms with Gasteiger partial charge >= 0.3 is 0 Å². The van der Waals surface area contributed by atoms with Crippen molar-refractivity contribution in [3.63, 3.8) is 0 Å². The van der Waals surface area contributed by atoms with Crippen LogP contribution in [0.2, 0.25) is 0 Å². The van der Waals surface area contributed by atoms with Crippen molar-refractivity contribution in [3.05, 3.63) is 11.6 Å². The molecule has 0 aliphatic heterocycles. The highest BCUT2D eigenvalue weighted by Crippen LogP contribution is 2.60. The lowest BCUT2D eigenvalue weighted by Gasteiger charge is -2.55. The molecule has 0 spiro atoms. The molecule has 5 aliphatic carbocycles. The number of nitrogens with zero attached hydrogens (tertiary/aromatic N) is 3. The fourth-order valence-electron chi connectivity index (χ4n) is 5.76. The molecular formula is C16H23N3O. The Morgan fingerprint density at radius 3 is 2.10 bits per heavy atom. The van der Waals surface area contributed by atoms with Crippen LogP contribution in [0.25, 0.3) is 0 Å². The van der Waals surface area contributed by atoms with Crippen LogP contribution in [0.1, 0.15) is 68.9 Å². The second-order valence-electron chi connectivity index (χ2n) is 7.83. The lowest BCUT2D eigenvalue weighted by molar-refractivity contribution is -0.0197. The Bertz CT molecular complexity index is 511. The van der Waals surface area contributed by atoms with E-state index < -0.39 is 0 Å². The second kappa shape index (κ2) is 3.77. The molecule has 0 atom stereocenters. The van der Waals surface area contributed by atoms with Crippen LogP contribution in [0.3, 0.4) is 0 Å². The number of aromatic nitrogens is 3. The van der Waals surface area contributed by atoms with Gasteiger partial charge in [0.2, 0.25) is 0 Å². The largest absolute Gasteiger partial charge is 0.414 e. The zero-order valence-corrected chi connectivity index (χ0v) is 12.2. The van der Waals surface area contributed by atoms with E-state index in [1.807, 2.05) is 4.73 Å².